The Bertz CT molecular complexity index is 383. The zero-order valence-corrected chi connectivity index (χ0v) is 12.0. The first kappa shape index (κ1) is 13.9. The van der Waals surface area contributed by atoms with Crippen molar-refractivity contribution in [3.8, 4) is 0 Å². The van der Waals surface area contributed by atoms with Crippen molar-refractivity contribution in [1.82, 2.24) is 5.32 Å². The van der Waals surface area contributed by atoms with E-state index in [0.717, 1.165) is 17.2 Å². The van der Waals surface area contributed by atoms with Gasteiger partial charge in [-0.1, -0.05) is 18.2 Å². The highest BCUT2D eigenvalue weighted by Gasteiger charge is 2.24. The Hall–Kier alpha value is -0.540. The second-order valence-electron chi connectivity index (χ2n) is 5.23. The van der Waals surface area contributed by atoms with Gasteiger partial charge >= 0.3 is 0 Å². The van der Waals surface area contributed by atoms with Crippen LogP contribution in [0.5, 0.6) is 0 Å². The van der Waals surface area contributed by atoms with Crippen molar-refractivity contribution in [1.29, 1.82) is 0 Å². The molecule has 0 radical (unpaired) electrons. The largest absolute Gasteiger partial charge is 0.311 e. The van der Waals surface area contributed by atoms with Gasteiger partial charge in [-0.3, -0.25) is 0 Å². The summed E-state index contributed by atoms with van der Waals surface area (Å²) in [4.78, 5) is 0. The van der Waals surface area contributed by atoms with Gasteiger partial charge in [0.1, 0.15) is 5.82 Å². The van der Waals surface area contributed by atoms with Crippen molar-refractivity contribution < 1.29 is 4.39 Å². The molecule has 100 valence electrons. The van der Waals surface area contributed by atoms with Gasteiger partial charge in [0.05, 0.1) is 0 Å². The summed E-state index contributed by atoms with van der Waals surface area (Å²) >= 11 is 1.97. The average Bonchev–Trinajstić information content (AvgIpc) is 2.80. The predicted molar refractivity (Wildman–Crippen MR) is 77.6 cm³/mol. The van der Waals surface area contributed by atoms with Crippen molar-refractivity contribution in [3.05, 3.63) is 35.6 Å². The molecule has 2 rings (SSSR count). The molecule has 0 amide bonds. The van der Waals surface area contributed by atoms with E-state index in [1.54, 1.807) is 12.1 Å². The Morgan fingerprint density at radius 2 is 2.17 bits per heavy atom. The maximum Gasteiger partial charge on any atom is 0.126 e. The van der Waals surface area contributed by atoms with Crippen molar-refractivity contribution in [2.24, 2.45) is 0 Å². The number of halogens is 1. The highest BCUT2D eigenvalue weighted by atomic mass is 32.2. The Labute approximate surface area is 114 Å². The number of benzene rings is 1. The van der Waals surface area contributed by atoms with E-state index in [2.05, 4.69) is 18.5 Å². The summed E-state index contributed by atoms with van der Waals surface area (Å²) in [5, 5.41) is 4.45. The zero-order chi connectivity index (χ0) is 13.0. The molecule has 3 heteroatoms. The fraction of sp³-hybridized carbons (Fsp3) is 0.600. The fourth-order valence-corrected chi connectivity index (χ4v) is 3.56. The van der Waals surface area contributed by atoms with E-state index in [0.29, 0.717) is 12.1 Å². The third kappa shape index (κ3) is 3.72. The highest BCUT2D eigenvalue weighted by molar-refractivity contribution is 7.99. The number of nitrogens with one attached hydrogen (secondary N) is 1. The lowest BCUT2D eigenvalue weighted by molar-refractivity contribution is 0.443. The predicted octanol–water partition coefficient (Wildman–Crippen LogP) is 3.63. The van der Waals surface area contributed by atoms with Crippen molar-refractivity contribution in [2.75, 3.05) is 6.26 Å². The van der Waals surface area contributed by atoms with Gasteiger partial charge in [0.2, 0.25) is 0 Å². The average molecular weight is 267 g/mol. The quantitative estimate of drug-likeness (QED) is 0.874. The maximum atomic E-state index is 13.5. The van der Waals surface area contributed by atoms with Crippen molar-refractivity contribution in [3.63, 3.8) is 0 Å². The van der Waals surface area contributed by atoms with Gasteiger partial charge in [-0.05, 0) is 50.5 Å². The molecule has 18 heavy (non-hydrogen) atoms. The zero-order valence-electron chi connectivity index (χ0n) is 11.2. The van der Waals surface area contributed by atoms with Crippen LogP contribution in [0.15, 0.2) is 24.3 Å². The second-order valence-corrected chi connectivity index (χ2v) is 6.37. The van der Waals surface area contributed by atoms with Gasteiger partial charge in [0, 0.05) is 17.3 Å². The first-order valence-corrected chi connectivity index (χ1v) is 8.00. The Kier molecular flexibility index (Phi) is 5.07. The number of hydrogen-bond donors (Lipinski definition) is 1. The summed E-state index contributed by atoms with van der Waals surface area (Å²) in [6, 6.07) is 8.03. The van der Waals surface area contributed by atoms with Crippen LogP contribution < -0.4 is 5.32 Å². The van der Waals surface area contributed by atoms with Crippen LogP contribution in [0, 0.1) is 5.82 Å². The third-order valence-electron chi connectivity index (χ3n) is 3.72. The molecule has 1 fully saturated rings. The first-order valence-electron chi connectivity index (χ1n) is 6.71. The summed E-state index contributed by atoms with van der Waals surface area (Å²) in [7, 11) is 0. The van der Waals surface area contributed by atoms with Gasteiger partial charge in [0.15, 0.2) is 0 Å². The monoisotopic (exact) mass is 267 g/mol. The highest BCUT2D eigenvalue weighted by Crippen LogP contribution is 2.28. The van der Waals surface area contributed by atoms with Crippen LogP contribution in [0.25, 0.3) is 0 Å². The first-order chi connectivity index (χ1) is 8.69. The number of rotatable bonds is 5. The molecule has 0 bridgehead atoms. The minimum Gasteiger partial charge on any atom is -0.311 e. The normalized spacial score (nSPS) is 25.3. The molecule has 0 heterocycles. The van der Waals surface area contributed by atoms with Crippen molar-refractivity contribution >= 4 is 11.8 Å². The summed E-state index contributed by atoms with van der Waals surface area (Å²) in [5.41, 5.74) is 0.817. The van der Waals surface area contributed by atoms with Gasteiger partial charge in [-0.2, -0.15) is 11.8 Å². The summed E-state index contributed by atoms with van der Waals surface area (Å²) in [5.74, 6) is -0.0837. The molecule has 3 unspecified atom stereocenters. The van der Waals surface area contributed by atoms with E-state index in [1.165, 1.54) is 19.3 Å². The van der Waals surface area contributed by atoms with Gasteiger partial charge < -0.3 is 5.32 Å². The van der Waals surface area contributed by atoms with Crippen LogP contribution in [-0.4, -0.2) is 23.6 Å². The van der Waals surface area contributed by atoms with E-state index < -0.39 is 0 Å². The van der Waals surface area contributed by atoms with Gasteiger partial charge in [-0.25, -0.2) is 4.39 Å². The van der Waals surface area contributed by atoms with Crippen molar-refractivity contribution in [2.45, 2.75) is 49.9 Å². The standard InChI is InChI=1S/C15H22FNS/c1-11(9-12-5-3-4-6-15(12)16)17-13-7-8-14(10-13)18-2/h3-6,11,13-14,17H,7-10H2,1-2H3. The molecule has 3 atom stereocenters. The molecular weight excluding hydrogens is 245 g/mol. The molecule has 1 N–H and O–H groups in total. The maximum absolute atomic E-state index is 13.5. The SMILES string of the molecule is CSC1CCC(NC(C)Cc2ccccc2F)C1. The molecule has 1 nitrogen and oxygen atoms in total. The van der Waals surface area contributed by atoms with E-state index >= 15 is 0 Å². The van der Waals surface area contributed by atoms with E-state index in [1.807, 2.05) is 23.9 Å². The summed E-state index contributed by atoms with van der Waals surface area (Å²) in [6.45, 7) is 2.15. The topological polar surface area (TPSA) is 12.0 Å². The molecular formula is C15H22FNS. The van der Waals surface area contributed by atoms with Gasteiger partial charge in [-0.15, -0.1) is 0 Å². The van der Waals surface area contributed by atoms with E-state index in [-0.39, 0.29) is 5.82 Å². The Balaban J connectivity index is 1.82. The molecule has 1 aliphatic rings. The minimum atomic E-state index is -0.0837. The lowest BCUT2D eigenvalue weighted by Gasteiger charge is -2.19. The molecule has 0 aromatic heterocycles. The second kappa shape index (κ2) is 6.58. The molecule has 0 aliphatic heterocycles. The molecule has 1 aromatic carbocycles. The van der Waals surface area contributed by atoms with Crippen LogP contribution in [-0.2, 0) is 6.42 Å². The summed E-state index contributed by atoms with van der Waals surface area (Å²) < 4.78 is 13.5. The summed E-state index contributed by atoms with van der Waals surface area (Å²) in [6.07, 6.45) is 6.78. The molecule has 1 aromatic rings. The smallest absolute Gasteiger partial charge is 0.126 e. The minimum absolute atomic E-state index is 0.0837. The molecule has 0 spiro atoms. The Morgan fingerprint density at radius 3 is 2.83 bits per heavy atom. The third-order valence-corrected chi connectivity index (χ3v) is 4.82. The molecule has 1 aliphatic carbocycles. The number of hydrogen-bond acceptors (Lipinski definition) is 2. The number of thioether (sulfide) groups is 1. The van der Waals surface area contributed by atoms with Crippen LogP contribution >= 0.6 is 11.8 Å². The Morgan fingerprint density at radius 1 is 1.39 bits per heavy atom. The lowest BCUT2D eigenvalue weighted by atomic mass is 10.1. The lowest BCUT2D eigenvalue weighted by Crippen LogP contribution is -2.36. The fourth-order valence-electron chi connectivity index (χ4n) is 2.76. The molecule has 0 saturated heterocycles. The van der Waals surface area contributed by atoms with Crippen LogP contribution in [0.3, 0.4) is 0 Å². The van der Waals surface area contributed by atoms with Crippen LogP contribution in [0.2, 0.25) is 0 Å². The van der Waals surface area contributed by atoms with E-state index in [9.17, 15) is 4.39 Å². The molecule has 1 saturated carbocycles. The van der Waals surface area contributed by atoms with Crippen LogP contribution in [0.1, 0.15) is 31.7 Å². The van der Waals surface area contributed by atoms with Gasteiger partial charge in [0.25, 0.3) is 0 Å². The van der Waals surface area contributed by atoms with E-state index in [4.69, 9.17) is 0 Å². The van der Waals surface area contributed by atoms with Crippen LogP contribution in [0.4, 0.5) is 4.39 Å².